The number of allylic oxidation sites excluding steroid dienone is 1. The molecule has 4 rings (SSSR count). The number of hydrogen-bond acceptors (Lipinski definition) is 4. The molecule has 8 atom stereocenters. The number of alkyl carbamates (subject to hydrolysis) is 1. The van der Waals surface area contributed by atoms with Crippen LogP contribution in [0.25, 0.3) is 0 Å². The summed E-state index contributed by atoms with van der Waals surface area (Å²) >= 11 is 0. The van der Waals surface area contributed by atoms with Crippen LogP contribution in [0.1, 0.15) is 112 Å². The molecule has 5 nitrogen and oxygen atoms in total. The minimum atomic E-state index is -0.303. The van der Waals surface area contributed by atoms with Crippen molar-refractivity contribution < 1.29 is 19.4 Å². The Labute approximate surface area is 232 Å². The molecule has 3 saturated carbocycles. The van der Waals surface area contributed by atoms with Crippen LogP contribution in [0.5, 0.6) is 0 Å². The Morgan fingerprint density at radius 3 is 2.63 bits per heavy atom. The highest BCUT2D eigenvalue weighted by atomic mass is 16.6. The van der Waals surface area contributed by atoms with Gasteiger partial charge < -0.3 is 19.9 Å². The predicted molar refractivity (Wildman–Crippen MR) is 154 cm³/mol. The predicted octanol–water partition coefficient (Wildman–Crippen LogP) is 7.52. The third kappa shape index (κ3) is 6.45. The van der Waals surface area contributed by atoms with E-state index in [4.69, 9.17) is 14.6 Å². The van der Waals surface area contributed by atoms with Crippen LogP contribution in [0.2, 0.25) is 0 Å². The first kappa shape index (κ1) is 29.9. The molecule has 0 bridgehead atoms. The summed E-state index contributed by atoms with van der Waals surface area (Å²) in [4.78, 5) is 12.4. The van der Waals surface area contributed by atoms with Crippen LogP contribution >= 0.6 is 0 Å². The van der Waals surface area contributed by atoms with Crippen molar-refractivity contribution in [1.82, 2.24) is 5.32 Å². The molecular weight excluding hydrogens is 474 g/mol. The zero-order valence-electron chi connectivity index (χ0n) is 25.1. The van der Waals surface area contributed by atoms with Crippen molar-refractivity contribution >= 4 is 6.09 Å². The molecule has 0 aliphatic heterocycles. The van der Waals surface area contributed by atoms with E-state index < -0.39 is 0 Å². The highest BCUT2D eigenvalue weighted by molar-refractivity contribution is 5.67. The van der Waals surface area contributed by atoms with Crippen LogP contribution in [-0.4, -0.2) is 43.7 Å². The summed E-state index contributed by atoms with van der Waals surface area (Å²) in [7, 11) is 0. The Morgan fingerprint density at radius 1 is 1.05 bits per heavy atom. The summed E-state index contributed by atoms with van der Waals surface area (Å²) in [5.41, 5.74) is 2.38. The minimum Gasteiger partial charge on any atom is -0.446 e. The van der Waals surface area contributed by atoms with Gasteiger partial charge in [0.2, 0.25) is 0 Å². The van der Waals surface area contributed by atoms with E-state index in [2.05, 4.69) is 46.0 Å². The fraction of sp³-hybridized carbons (Fsp3) is 0.909. The second-order valence-electron chi connectivity index (χ2n) is 14.2. The topological polar surface area (TPSA) is 67.8 Å². The van der Waals surface area contributed by atoms with E-state index in [1.165, 1.54) is 51.4 Å². The average molecular weight is 532 g/mol. The van der Waals surface area contributed by atoms with Gasteiger partial charge in [-0.3, -0.25) is 0 Å². The van der Waals surface area contributed by atoms with Gasteiger partial charge in [0.25, 0.3) is 0 Å². The molecule has 5 heteroatoms. The second kappa shape index (κ2) is 13.1. The van der Waals surface area contributed by atoms with Crippen molar-refractivity contribution in [1.29, 1.82) is 0 Å². The number of ether oxygens (including phenoxy) is 2. The summed E-state index contributed by atoms with van der Waals surface area (Å²) in [5, 5.41) is 11.6. The van der Waals surface area contributed by atoms with Crippen LogP contribution in [-0.2, 0) is 9.47 Å². The summed E-state index contributed by atoms with van der Waals surface area (Å²) in [6.07, 6.45) is 17.1. The van der Waals surface area contributed by atoms with Gasteiger partial charge in [0.05, 0.1) is 13.2 Å². The van der Waals surface area contributed by atoms with E-state index >= 15 is 0 Å². The summed E-state index contributed by atoms with van der Waals surface area (Å²) < 4.78 is 11.1. The molecular formula is C33H57NO4. The lowest BCUT2D eigenvalue weighted by Gasteiger charge is -2.58. The van der Waals surface area contributed by atoms with Crippen LogP contribution in [0.4, 0.5) is 4.79 Å². The molecule has 38 heavy (non-hydrogen) atoms. The highest BCUT2D eigenvalue weighted by Crippen LogP contribution is 2.67. The molecule has 1 amide bonds. The monoisotopic (exact) mass is 531 g/mol. The molecule has 0 heterocycles. The number of hydrogen-bond donors (Lipinski definition) is 2. The molecule has 218 valence electrons. The Bertz CT molecular complexity index is 811. The van der Waals surface area contributed by atoms with Gasteiger partial charge in [-0.25, -0.2) is 4.79 Å². The van der Waals surface area contributed by atoms with Crippen LogP contribution in [0, 0.1) is 46.3 Å². The molecule has 0 aromatic carbocycles. The smallest absolute Gasteiger partial charge is 0.407 e. The van der Waals surface area contributed by atoms with Crippen LogP contribution < -0.4 is 5.32 Å². The van der Waals surface area contributed by atoms with Gasteiger partial charge in [0, 0.05) is 19.6 Å². The van der Waals surface area contributed by atoms with E-state index in [0.29, 0.717) is 25.2 Å². The summed E-state index contributed by atoms with van der Waals surface area (Å²) in [6.45, 7) is 14.0. The standard InChI is InChI=1S/C33H57NO4/c1-23(2)8-6-9-24(3)28-12-13-29-27-11-10-25-22-26(38-31(36)34-18-7-20-37-21-19-35)14-16-32(25,4)30(27)15-17-33(28,29)5/h10,23-24,26-30,35H,6-9,11-22H2,1-5H3,(H,34,36)/t24?,26-,27-,28+,29-,30-,32-,33+/m0/s1. The van der Waals surface area contributed by atoms with Gasteiger partial charge in [-0.05, 0) is 97.7 Å². The molecule has 3 fully saturated rings. The van der Waals surface area contributed by atoms with Crippen molar-refractivity contribution in [2.24, 2.45) is 46.3 Å². The van der Waals surface area contributed by atoms with E-state index in [1.54, 1.807) is 5.57 Å². The largest absolute Gasteiger partial charge is 0.446 e. The molecule has 0 radical (unpaired) electrons. The molecule has 0 aromatic heterocycles. The average Bonchev–Trinajstić information content (AvgIpc) is 3.23. The van der Waals surface area contributed by atoms with Gasteiger partial charge in [-0.15, -0.1) is 0 Å². The van der Waals surface area contributed by atoms with Gasteiger partial charge in [-0.1, -0.05) is 65.5 Å². The van der Waals surface area contributed by atoms with Crippen molar-refractivity contribution in [3.63, 3.8) is 0 Å². The van der Waals surface area contributed by atoms with Crippen LogP contribution in [0.3, 0.4) is 0 Å². The normalized spacial score (nSPS) is 37.1. The summed E-state index contributed by atoms with van der Waals surface area (Å²) in [6, 6.07) is 0. The first-order chi connectivity index (χ1) is 18.2. The molecule has 4 aliphatic rings. The van der Waals surface area contributed by atoms with Crippen molar-refractivity contribution in [2.75, 3.05) is 26.4 Å². The molecule has 0 aromatic rings. The number of aliphatic hydroxyl groups is 1. The van der Waals surface area contributed by atoms with E-state index in [1.807, 2.05) is 0 Å². The minimum absolute atomic E-state index is 0.00656. The van der Waals surface area contributed by atoms with Gasteiger partial charge in [0.1, 0.15) is 6.10 Å². The number of fused-ring (bicyclic) bond motifs is 5. The van der Waals surface area contributed by atoms with Crippen molar-refractivity contribution in [3.8, 4) is 0 Å². The third-order valence-electron chi connectivity index (χ3n) is 11.5. The van der Waals surface area contributed by atoms with E-state index in [-0.39, 0.29) is 24.2 Å². The van der Waals surface area contributed by atoms with Crippen molar-refractivity contribution in [3.05, 3.63) is 11.6 Å². The quantitative estimate of drug-likeness (QED) is 0.202. The Hall–Kier alpha value is -1.07. The van der Waals surface area contributed by atoms with E-state index in [0.717, 1.165) is 61.2 Å². The second-order valence-corrected chi connectivity index (χ2v) is 14.2. The maximum absolute atomic E-state index is 12.4. The number of carbonyl (C=O) groups is 1. The fourth-order valence-electron chi connectivity index (χ4n) is 9.48. The molecule has 0 spiro atoms. The highest BCUT2D eigenvalue weighted by Gasteiger charge is 2.59. The van der Waals surface area contributed by atoms with E-state index in [9.17, 15) is 4.79 Å². The van der Waals surface area contributed by atoms with Crippen molar-refractivity contribution in [2.45, 2.75) is 118 Å². The lowest BCUT2D eigenvalue weighted by atomic mass is 9.47. The lowest BCUT2D eigenvalue weighted by molar-refractivity contribution is -0.0581. The Kier molecular flexibility index (Phi) is 10.3. The molecule has 2 N–H and O–H groups in total. The number of rotatable bonds is 12. The Morgan fingerprint density at radius 2 is 1.87 bits per heavy atom. The van der Waals surface area contributed by atoms with Gasteiger partial charge in [0.15, 0.2) is 0 Å². The maximum Gasteiger partial charge on any atom is 0.407 e. The Balaban J connectivity index is 1.31. The first-order valence-corrected chi connectivity index (χ1v) is 16.0. The maximum atomic E-state index is 12.4. The SMILES string of the molecule is CC(C)CCCC(C)[C@H]1CC[C@H]2[C@@H]3CC=C4C[C@@H](OC(=O)NCCCOCCO)CC[C@]4(C)[C@H]3CC[C@]12C. The third-order valence-corrected chi connectivity index (χ3v) is 11.5. The number of carbonyl (C=O) groups excluding carboxylic acids is 1. The van der Waals surface area contributed by atoms with Gasteiger partial charge in [-0.2, -0.15) is 0 Å². The van der Waals surface area contributed by atoms with Crippen LogP contribution in [0.15, 0.2) is 11.6 Å². The molecule has 4 aliphatic carbocycles. The first-order valence-electron chi connectivity index (χ1n) is 16.0. The zero-order valence-corrected chi connectivity index (χ0v) is 25.1. The summed E-state index contributed by atoms with van der Waals surface area (Å²) in [5.74, 6) is 5.11. The lowest BCUT2D eigenvalue weighted by Crippen LogP contribution is -2.51. The fourth-order valence-corrected chi connectivity index (χ4v) is 9.48. The zero-order chi connectivity index (χ0) is 27.3. The number of nitrogens with one attached hydrogen (secondary N) is 1. The van der Waals surface area contributed by atoms with Gasteiger partial charge >= 0.3 is 6.09 Å². The number of aliphatic hydroxyl groups excluding tert-OH is 1. The molecule has 0 saturated heterocycles. The number of amides is 1. The molecule has 1 unspecified atom stereocenters.